The summed E-state index contributed by atoms with van der Waals surface area (Å²) in [5, 5.41) is 5.81. The van der Waals surface area contributed by atoms with Crippen LogP contribution >= 0.6 is 39.1 Å². The van der Waals surface area contributed by atoms with E-state index in [2.05, 4.69) is 31.4 Å². The summed E-state index contributed by atoms with van der Waals surface area (Å²) in [5.41, 5.74) is 6.78. The molecule has 0 saturated carbocycles. The fraction of sp³-hybridized carbons (Fsp3) is 0.0938. The summed E-state index contributed by atoms with van der Waals surface area (Å²) in [7, 11) is 0. The number of ether oxygens (including phenoxy) is 2. The highest BCUT2D eigenvalue weighted by atomic mass is 79.9. The number of carbonyl (C=O) groups is 2. The highest BCUT2D eigenvalue weighted by Crippen LogP contribution is 2.40. The lowest BCUT2D eigenvalue weighted by Gasteiger charge is -2.11. The van der Waals surface area contributed by atoms with Gasteiger partial charge in [-0.05, 0) is 67.9 Å². The smallest absolute Gasteiger partial charge is 0.343 e. The molecule has 42 heavy (non-hydrogen) atoms. The number of hydrazone groups is 1. The molecule has 1 heterocycles. The molecule has 0 aliphatic heterocycles. The molecule has 0 spiro atoms. The van der Waals surface area contributed by atoms with Gasteiger partial charge in [0.2, 0.25) is 0 Å². The first-order valence-electron chi connectivity index (χ1n) is 12.9. The minimum Gasteiger partial charge on any atom is -0.490 e. The highest BCUT2D eigenvalue weighted by Gasteiger charge is 2.22. The van der Waals surface area contributed by atoms with Crippen molar-refractivity contribution < 1.29 is 19.1 Å². The number of halogens is 3. The minimum atomic E-state index is -0.496. The second-order valence-corrected chi connectivity index (χ2v) is 11.0. The Kier molecular flexibility index (Phi) is 8.97. The van der Waals surface area contributed by atoms with E-state index in [0.717, 1.165) is 15.4 Å². The van der Waals surface area contributed by atoms with Crippen LogP contribution in [0.15, 0.2) is 88.4 Å². The number of aryl methyl sites for hydroxylation is 1. The van der Waals surface area contributed by atoms with Crippen molar-refractivity contribution in [1.82, 2.24) is 10.4 Å². The van der Waals surface area contributed by atoms with Crippen LogP contribution in [-0.2, 0) is 0 Å². The molecule has 0 saturated heterocycles. The Balaban J connectivity index is 1.39. The molecule has 0 unspecified atom stereocenters. The Morgan fingerprint density at radius 2 is 1.74 bits per heavy atom. The summed E-state index contributed by atoms with van der Waals surface area (Å²) in [5.74, 6) is -0.346. The van der Waals surface area contributed by atoms with Gasteiger partial charge in [0, 0.05) is 26.0 Å². The summed E-state index contributed by atoms with van der Waals surface area (Å²) in [6, 6.07) is 23.0. The molecule has 5 rings (SSSR count). The van der Waals surface area contributed by atoms with Crippen LogP contribution in [-0.4, -0.2) is 29.7 Å². The molecular formula is C32H24BrCl2N3O4. The van der Waals surface area contributed by atoms with Crippen LogP contribution in [0.5, 0.6) is 11.5 Å². The van der Waals surface area contributed by atoms with Crippen LogP contribution in [0.25, 0.3) is 22.0 Å². The number of hydrogen-bond donors (Lipinski definition) is 2. The molecule has 2 N–H and O–H groups in total. The van der Waals surface area contributed by atoms with Gasteiger partial charge in [0.25, 0.3) is 5.91 Å². The van der Waals surface area contributed by atoms with Crippen LogP contribution in [0.1, 0.15) is 38.9 Å². The van der Waals surface area contributed by atoms with Crippen molar-refractivity contribution in [2.24, 2.45) is 5.10 Å². The lowest BCUT2D eigenvalue weighted by Crippen LogP contribution is -2.19. The Morgan fingerprint density at radius 1 is 0.976 bits per heavy atom. The third-order valence-electron chi connectivity index (χ3n) is 6.33. The van der Waals surface area contributed by atoms with Crippen LogP contribution in [0.3, 0.4) is 0 Å². The van der Waals surface area contributed by atoms with Crippen molar-refractivity contribution in [2.75, 3.05) is 6.61 Å². The molecule has 1 aromatic heterocycles. The standard InChI is InChI=1S/C32H24BrCl2N3O4/c1-3-41-27-14-19(10-13-26(27)42-32(40)20-11-8-18(2)9-12-20)17-36-38-31(39)30-28(22-6-4-5-7-24(22)34)23-15-21(33)16-25(35)29(23)37-30/h4-17,37H,3H2,1-2H3,(H,38,39). The van der Waals surface area contributed by atoms with E-state index in [1.807, 2.05) is 50.2 Å². The van der Waals surface area contributed by atoms with Gasteiger partial charge in [-0.1, -0.05) is 75.0 Å². The Hall–Kier alpha value is -4.11. The topological polar surface area (TPSA) is 92.8 Å². The average Bonchev–Trinajstić information content (AvgIpc) is 3.34. The van der Waals surface area contributed by atoms with Crippen molar-refractivity contribution in [1.29, 1.82) is 0 Å². The number of nitrogens with one attached hydrogen (secondary N) is 2. The summed E-state index contributed by atoms with van der Waals surface area (Å²) in [4.78, 5) is 29.1. The van der Waals surface area contributed by atoms with E-state index < -0.39 is 11.9 Å². The second kappa shape index (κ2) is 12.8. The number of hydrogen-bond acceptors (Lipinski definition) is 5. The molecule has 0 radical (unpaired) electrons. The number of H-pyrrole nitrogens is 1. The number of aromatic amines is 1. The van der Waals surface area contributed by atoms with Gasteiger partial charge in [-0.15, -0.1) is 0 Å². The monoisotopic (exact) mass is 663 g/mol. The summed E-state index contributed by atoms with van der Waals surface area (Å²) in [6.45, 7) is 4.13. The number of fused-ring (bicyclic) bond motifs is 1. The Bertz CT molecular complexity index is 1830. The van der Waals surface area contributed by atoms with E-state index in [1.165, 1.54) is 6.21 Å². The average molecular weight is 665 g/mol. The third-order valence-corrected chi connectivity index (χ3v) is 7.42. The fourth-order valence-corrected chi connectivity index (χ4v) is 5.45. The molecular weight excluding hydrogens is 641 g/mol. The maximum atomic E-state index is 13.4. The van der Waals surface area contributed by atoms with Crippen molar-refractivity contribution in [3.05, 3.63) is 116 Å². The normalized spacial score (nSPS) is 11.2. The Labute approximate surface area is 260 Å². The number of esters is 1. The van der Waals surface area contributed by atoms with E-state index in [-0.39, 0.29) is 11.4 Å². The van der Waals surface area contributed by atoms with Crippen LogP contribution in [0.4, 0.5) is 0 Å². The quantitative estimate of drug-likeness (QED) is 0.0752. The van der Waals surface area contributed by atoms with E-state index in [4.69, 9.17) is 32.7 Å². The largest absolute Gasteiger partial charge is 0.490 e. The van der Waals surface area contributed by atoms with Gasteiger partial charge >= 0.3 is 5.97 Å². The number of aromatic nitrogens is 1. The first-order valence-corrected chi connectivity index (χ1v) is 14.4. The number of carbonyl (C=O) groups excluding carboxylic acids is 2. The molecule has 10 heteroatoms. The van der Waals surface area contributed by atoms with Gasteiger partial charge in [0.05, 0.1) is 28.9 Å². The number of rotatable bonds is 8. The maximum Gasteiger partial charge on any atom is 0.343 e. The first kappa shape index (κ1) is 29.4. The summed E-state index contributed by atoms with van der Waals surface area (Å²) >= 11 is 16.5. The lowest BCUT2D eigenvalue weighted by molar-refractivity contribution is 0.0728. The minimum absolute atomic E-state index is 0.253. The fourth-order valence-electron chi connectivity index (χ4n) is 4.36. The van der Waals surface area contributed by atoms with Crippen molar-refractivity contribution in [3.8, 4) is 22.6 Å². The van der Waals surface area contributed by atoms with Crippen LogP contribution in [0.2, 0.25) is 10.0 Å². The van der Waals surface area contributed by atoms with Gasteiger partial charge in [-0.25, -0.2) is 10.2 Å². The summed E-state index contributed by atoms with van der Waals surface area (Å²) < 4.78 is 12.0. The number of nitrogens with zero attached hydrogens (tertiary/aromatic N) is 1. The van der Waals surface area contributed by atoms with E-state index in [0.29, 0.717) is 50.2 Å². The number of amides is 1. The highest BCUT2D eigenvalue weighted by molar-refractivity contribution is 9.10. The van der Waals surface area contributed by atoms with Crippen molar-refractivity contribution in [2.45, 2.75) is 13.8 Å². The van der Waals surface area contributed by atoms with Crippen molar-refractivity contribution in [3.63, 3.8) is 0 Å². The van der Waals surface area contributed by atoms with E-state index in [1.54, 1.807) is 42.5 Å². The Morgan fingerprint density at radius 3 is 2.48 bits per heavy atom. The van der Waals surface area contributed by atoms with Crippen molar-refractivity contribution >= 4 is 68.1 Å². The summed E-state index contributed by atoms with van der Waals surface area (Å²) in [6.07, 6.45) is 1.47. The van der Waals surface area contributed by atoms with E-state index in [9.17, 15) is 9.59 Å². The number of benzene rings is 4. The van der Waals surface area contributed by atoms with Gasteiger partial charge in [0.1, 0.15) is 5.69 Å². The first-order chi connectivity index (χ1) is 20.2. The van der Waals surface area contributed by atoms with Crippen LogP contribution in [0, 0.1) is 6.92 Å². The SMILES string of the molecule is CCOc1cc(C=NNC(=O)c2[nH]c3c(Cl)cc(Br)cc3c2-c2ccccc2Cl)ccc1OC(=O)c1ccc(C)cc1. The predicted molar refractivity (Wildman–Crippen MR) is 170 cm³/mol. The molecule has 5 aromatic rings. The van der Waals surface area contributed by atoms with Crippen LogP contribution < -0.4 is 14.9 Å². The predicted octanol–water partition coefficient (Wildman–Crippen LogP) is 8.59. The molecule has 7 nitrogen and oxygen atoms in total. The third kappa shape index (κ3) is 6.36. The lowest BCUT2D eigenvalue weighted by atomic mass is 10.0. The molecule has 1 amide bonds. The zero-order valence-electron chi connectivity index (χ0n) is 22.5. The zero-order valence-corrected chi connectivity index (χ0v) is 25.6. The molecule has 0 aliphatic rings. The van der Waals surface area contributed by atoms with E-state index >= 15 is 0 Å². The molecule has 0 fully saturated rings. The van der Waals surface area contributed by atoms with Gasteiger partial charge < -0.3 is 14.5 Å². The molecule has 0 aliphatic carbocycles. The second-order valence-electron chi connectivity index (χ2n) is 9.26. The zero-order chi connectivity index (χ0) is 29.8. The maximum absolute atomic E-state index is 13.4. The molecule has 0 bridgehead atoms. The van der Waals surface area contributed by atoms with Gasteiger partial charge in [-0.2, -0.15) is 5.10 Å². The molecule has 0 atom stereocenters. The van der Waals surface area contributed by atoms with Gasteiger partial charge in [0.15, 0.2) is 11.5 Å². The molecule has 212 valence electrons. The van der Waals surface area contributed by atoms with Gasteiger partial charge in [-0.3, -0.25) is 4.79 Å². The molecule has 4 aromatic carbocycles.